The Morgan fingerprint density at radius 2 is 2.00 bits per heavy atom. The topological polar surface area (TPSA) is 85.2 Å². The van der Waals surface area contributed by atoms with Crippen LogP contribution >= 0.6 is 0 Å². The van der Waals surface area contributed by atoms with Crippen molar-refractivity contribution in [1.82, 2.24) is 20.2 Å². The van der Waals surface area contributed by atoms with Crippen LogP contribution in [0, 0.1) is 17.0 Å². The maximum absolute atomic E-state index is 13.8. The fourth-order valence-electron chi connectivity index (χ4n) is 3.38. The highest BCUT2D eigenvalue weighted by Crippen LogP contribution is 2.27. The Balaban J connectivity index is 1.96. The molecule has 168 valence electrons. The summed E-state index contributed by atoms with van der Waals surface area (Å²) in [4.78, 5) is 29.9. The van der Waals surface area contributed by atoms with Crippen LogP contribution in [0.3, 0.4) is 0 Å². The maximum Gasteiger partial charge on any atom is 0.272 e. The summed E-state index contributed by atoms with van der Waals surface area (Å²) >= 11 is 0. The van der Waals surface area contributed by atoms with Crippen molar-refractivity contribution in [3.63, 3.8) is 0 Å². The number of aromatic nitrogens is 2. The Morgan fingerprint density at radius 3 is 2.65 bits per heavy atom. The number of benzene rings is 1. The van der Waals surface area contributed by atoms with E-state index in [9.17, 15) is 22.8 Å². The lowest BCUT2D eigenvalue weighted by Crippen LogP contribution is -2.54. The zero-order valence-electron chi connectivity index (χ0n) is 17.6. The van der Waals surface area contributed by atoms with Crippen molar-refractivity contribution in [2.45, 2.75) is 40.0 Å². The summed E-state index contributed by atoms with van der Waals surface area (Å²) in [5.41, 5.74) is 0.163. The van der Waals surface area contributed by atoms with Crippen LogP contribution < -0.4 is 10.6 Å². The van der Waals surface area contributed by atoms with Crippen molar-refractivity contribution < 1.29 is 27.5 Å². The Kier molecular flexibility index (Phi) is 6.68. The molecular formula is C21H25F3N4O3. The van der Waals surface area contributed by atoms with Crippen molar-refractivity contribution in [3.05, 3.63) is 41.2 Å². The molecule has 0 radical (unpaired) electrons. The average Bonchev–Trinajstić information content (AvgIpc) is 3.11. The highest BCUT2D eigenvalue weighted by atomic mass is 19.2. The average molecular weight is 438 g/mol. The van der Waals surface area contributed by atoms with Gasteiger partial charge in [-0.05, 0) is 23.6 Å². The summed E-state index contributed by atoms with van der Waals surface area (Å²) in [6, 6.07) is 2.45. The second-order valence-corrected chi connectivity index (χ2v) is 8.32. The van der Waals surface area contributed by atoms with Crippen LogP contribution in [-0.2, 0) is 22.7 Å². The fraction of sp³-hybridized carbons (Fsp3) is 0.476. The molecule has 31 heavy (non-hydrogen) atoms. The highest BCUT2D eigenvalue weighted by Gasteiger charge is 2.35. The van der Waals surface area contributed by atoms with Crippen LogP contribution in [0.1, 0.15) is 37.0 Å². The first kappa shape index (κ1) is 22.8. The molecule has 0 aliphatic carbocycles. The molecule has 2 amide bonds. The lowest BCUT2D eigenvalue weighted by Gasteiger charge is -2.30. The molecule has 0 saturated carbocycles. The molecule has 2 N–H and O–H groups in total. The predicted octanol–water partition coefficient (Wildman–Crippen LogP) is 2.59. The number of imidazole rings is 1. The van der Waals surface area contributed by atoms with E-state index in [2.05, 4.69) is 15.6 Å². The normalized spacial score (nSPS) is 14.6. The molecule has 0 fully saturated rings. The first-order chi connectivity index (χ1) is 14.6. The van der Waals surface area contributed by atoms with Crippen LogP contribution in [-0.4, -0.2) is 47.2 Å². The molecular weight excluding hydrogens is 413 g/mol. The van der Waals surface area contributed by atoms with Crippen LogP contribution in [0.25, 0.3) is 11.4 Å². The first-order valence-electron chi connectivity index (χ1n) is 9.90. The fourth-order valence-corrected chi connectivity index (χ4v) is 3.38. The van der Waals surface area contributed by atoms with E-state index in [-0.39, 0.29) is 18.8 Å². The third-order valence-corrected chi connectivity index (χ3v) is 4.96. The van der Waals surface area contributed by atoms with E-state index >= 15 is 0 Å². The third kappa shape index (κ3) is 4.90. The Hall–Kier alpha value is -2.88. The van der Waals surface area contributed by atoms with Crippen molar-refractivity contribution >= 4 is 11.8 Å². The van der Waals surface area contributed by atoms with Gasteiger partial charge < -0.3 is 19.9 Å². The quantitative estimate of drug-likeness (QED) is 0.726. The molecule has 10 heteroatoms. The van der Waals surface area contributed by atoms with Gasteiger partial charge in [0.25, 0.3) is 5.91 Å². The number of nitrogens with zero attached hydrogens (tertiary/aromatic N) is 2. The molecule has 1 aromatic heterocycles. The lowest BCUT2D eigenvalue weighted by atomic mass is 9.86. The second kappa shape index (κ2) is 9.09. The van der Waals surface area contributed by atoms with Gasteiger partial charge in [0.2, 0.25) is 5.91 Å². The highest BCUT2D eigenvalue weighted by molar-refractivity contribution is 5.97. The van der Waals surface area contributed by atoms with Crippen molar-refractivity contribution in [3.8, 4) is 11.4 Å². The third-order valence-electron chi connectivity index (χ3n) is 4.96. The number of carbonyl (C=O) groups is 2. The largest absolute Gasteiger partial charge is 0.373 e. The standard InChI is InChI=1S/C21H25F3N4O3/c1-21(2,3)17(20(30)25-7-6-22)27-19(29)16-15-11-31-9-8-28(15)18(26-16)12-4-5-13(23)14(24)10-12/h4-5,10,17H,6-9,11H2,1-3H3,(H,25,30)(H,27,29). The van der Waals surface area contributed by atoms with Crippen LogP contribution in [0.4, 0.5) is 13.2 Å². The molecule has 1 atom stereocenters. The summed E-state index contributed by atoms with van der Waals surface area (Å²) in [7, 11) is 0. The molecule has 2 aromatic rings. The number of fused-ring (bicyclic) bond motifs is 1. The number of hydrogen-bond donors (Lipinski definition) is 2. The zero-order chi connectivity index (χ0) is 22.8. The van der Waals surface area contributed by atoms with E-state index in [0.29, 0.717) is 30.2 Å². The Bertz CT molecular complexity index is 985. The van der Waals surface area contributed by atoms with Gasteiger partial charge in [0, 0.05) is 18.7 Å². The molecule has 2 heterocycles. The Labute approximate surface area is 178 Å². The van der Waals surface area contributed by atoms with Crippen molar-refractivity contribution in [2.24, 2.45) is 5.41 Å². The monoisotopic (exact) mass is 438 g/mol. The number of amides is 2. The summed E-state index contributed by atoms with van der Waals surface area (Å²) < 4.78 is 46.8. The molecule has 1 aliphatic heterocycles. The number of halogens is 3. The molecule has 1 aliphatic rings. The maximum atomic E-state index is 13.8. The van der Waals surface area contributed by atoms with E-state index < -0.39 is 41.6 Å². The summed E-state index contributed by atoms with van der Waals surface area (Å²) in [6.07, 6.45) is 0. The van der Waals surface area contributed by atoms with Gasteiger partial charge in [-0.3, -0.25) is 9.59 Å². The number of ether oxygens (including phenoxy) is 1. The smallest absolute Gasteiger partial charge is 0.272 e. The minimum atomic E-state index is -1.02. The predicted molar refractivity (Wildman–Crippen MR) is 107 cm³/mol. The first-order valence-corrected chi connectivity index (χ1v) is 9.90. The lowest BCUT2D eigenvalue weighted by molar-refractivity contribution is -0.125. The molecule has 0 spiro atoms. The van der Waals surface area contributed by atoms with Gasteiger partial charge in [-0.25, -0.2) is 18.2 Å². The number of carbonyl (C=O) groups excluding carboxylic acids is 2. The van der Waals surface area contributed by atoms with Crippen molar-refractivity contribution in [2.75, 3.05) is 19.8 Å². The SMILES string of the molecule is CC(C)(C)C(NC(=O)c1nc(-c2ccc(F)c(F)c2)n2c1COCC2)C(=O)NCCF. The second-order valence-electron chi connectivity index (χ2n) is 8.32. The molecule has 3 rings (SSSR count). The van der Waals surface area contributed by atoms with E-state index in [1.54, 1.807) is 25.3 Å². The minimum Gasteiger partial charge on any atom is -0.373 e. The number of hydrogen-bond acceptors (Lipinski definition) is 4. The van der Waals surface area contributed by atoms with E-state index in [4.69, 9.17) is 4.74 Å². The number of nitrogens with one attached hydrogen (secondary N) is 2. The van der Waals surface area contributed by atoms with Gasteiger partial charge >= 0.3 is 0 Å². The van der Waals surface area contributed by atoms with Gasteiger partial charge in [0.15, 0.2) is 17.3 Å². The van der Waals surface area contributed by atoms with Gasteiger partial charge in [-0.15, -0.1) is 0 Å². The van der Waals surface area contributed by atoms with Crippen molar-refractivity contribution in [1.29, 1.82) is 0 Å². The molecule has 0 saturated heterocycles. The zero-order valence-corrected chi connectivity index (χ0v) is 17.6. The number of alkyl halides is 1. The minimum absolute atomic E-state index is 0.0342. The van der Waals surface area contributed by atoms with Crippen LogP contribution in [0.5, 0.6) is 0 Å². The van der Waals surface area contributed by atoms with Gasteiger partial charge in [0.1, 0.15) is 18.5 Å². The van der Waals surface area contributed by atoms with E-state index in [1.807, 2.05) is 0 Å². The molecule has 1 unspecified atom stereocenters. The molecule has 0 bridgehead atoms. The van der Waals surface area contributed by atoms with Crippen LogP contribution in [0.2, 0.25) is 0 Å². The summed E-state index contributed by atoms with van der Waals surface area (Å²) in [5, 5.41) is 5.12. The molecule has 1 aromatic carbocycles. The number of rotatable bonds is 6. The Morgan fingerprint density at radius 1 is 1.26 bits per heavy atom. The summed E-state index contributed by atoms with van der Waals surface area (Å²) in [6.45, 7) is 5.28. The van der Waals surface area contributed by atoms with Gasteiger partial charge in [-0.1, -0.05) is 20.8 Å². The van der Waals surface area contributed by atoms with Crippen LogP contribution in [0.15, 0.2) is 18.2 Å². The van der Waals surface area contributed by atoms with E-state index in [1.165, 1.54) is 6.07 Å². The van der Waals surface area contributed by atoms with Gasteiger partial charge in [0.05, 0.1) is 18.9 Å². The van der Waals surface area contributed by atoms with Gasteiger partial charge in [-0.2, -0.15) is 0 Å². The molecule has 7 nitrogen and oxygen atoms in total. The van der Waals surface area contributed by atoms with E-state index in [0.717, 1.165) is 12.1 Å². The summed E-state index contributed by atoms with van der Waals surface area (Å²) in [5.74, 6) is -2.83.